The van der Waals surface area contributed by atoms with Gasteiger partial charge < -0.3 is 9.84 Å². The lowest BCUT2D eigenvalue weighted by atomic mass is 9.46. The number of rotatable bonds is 6. The predicted molar refractivity (Wildman–Crippen MR) is 130 cm³/mol. The molecule has 4 rings (SSSR count). The summed E-state index contributed by atoms with van der Waals surface area (Å²) in [6.07, 6.45) is 16.2. The number of ether oxygens (including phenoxy) is 1. The highest BCUT2D eigenvalue weighted by Crippen LogP contribution is 2.67. The van der Waals surface area contributed by atoms with E-state index in [1.165, 1.54) is 51.4 Å². The van der Waals surface area contributed by atoms with Crippen LogP contribution in [0.4, 0.5) is 0 Å². The summed E-state index contributed by atoms with van der Waals surface area (Å²) in [5.41, 5.74) is 2.03. The van der Waals surface area contributed by atoms with Crippen LogP contribution in [0.5, 0.6) is 0 Å². The van der Waals surface area contributed by atoms with Crippen molar-refractivity contribution in [2.75, 3.05) is 7.11 Å². The van der Waals surface area contributed by atoms with Gasteiger partial charge in [0.1, 0.15) is 0 Å². The molecule has 178 valence electrons. The maximum absolute atomic E-state index is 10.7. The third kappa shape index (κ3) is 3.96. The SMILES string of the molecule is CC[C@@](C)(CC[C@@H](C)C1CCC2C3CC=C4C[C@@](C)(O)CCC4(C)C3CCC21C)OC. The molecule has 6 unspecified atom stereocenters. The molecule has 0 aromatic carbocycles. The zero-order valence-corrected chi connectivity index (χ0v) is 21.6. The van der Waals surface area contributed by atoms with Crippen molar-refractivity contribution in [1.82, 2.24) is 0 Å². The number of fused-ring (bicyclic) bond motifs is 5. The average Bonchev–Trinajstić information content (AvgIpc) is 3.09. The van der Waals surface area contributed by atoms with E-state index in [0.717, 1.165) is 48.9 Å². The largest absolute Gasteiger partial charge is 0.390 e. The number of hydrogen-bond donors (Lipinski definition) is 1. The summed E-state index contributed by atoms with van der Waals surface area (Å²) < 4.78 is 5.85. The van der Waals surface area contributed by atoms with Gasteiger partial charge in [-0.1, -0.05) is 39.3 Å². The summed E-state index contributed by atoms with van der Waals surface area (Å²) in [6, 6.07) is 0. The van der Waals surface area contributed by atoms with Crippen molar-refractivity contribution in [1.29, 1.82) is 0 Å². The maximum atomic E-state index is 10.7. The average molecular weight is 431 g/mol. The Morgan fingerprint density at radius 2 is 1.87 bits per heavy atom. The second-order valence-corrected chi connectivity index (χ2v) is 13.2. The van der Waals surface area contributed by atoms with Gasteiger partial charge in [-0.15, -0.1) is 0 Å². The summed E-state index contributed by atoms with van der Waals surface area (Å²) in [5, 5.41) is 10.7. The first-order valence-electron chi connectivity index (χ1n) is 13.4. The van der Waals surface area contributed by atoms with Gasteiger partial charge in [0.25, 0.3) is 0 Å². The van der Waals surface area contributed by atoms with Crippen molar-refractivity contribution >= 4 is 0 Å². The van der Waals surface area contributed by atoms with E-state index in [1.807, 2.05) is 14.0 Å². The van der Waals surface area contributed by atoms with Gasteiger partial charge in [0, 0.05) is 7.11 Å². The molecule has 0 bridgehead atoms. The van der Waals surface area contributed by atoms with Crippen LogP contribution in [0.1, 0.15) is 112 Å². The van der Waals surface area contributed by atoms with Crippen molar-refractivity contribution in [3.63, 3.8) is 0 Å². The van der Waals surface area contributed by atoms with Gasteiger partial charge in [-0.3, -0.25) is 0 Å². The third-order valence-electron chi connectivity index (χ3n) is 11.5. The molecule has 31 heavy (non-hydrogen) atoms. The minimum absolute atomic E-state index is 0.0478. The van der Waals surface area contributed by atoms with Crippen LogP contribution in [0.3, 0.4) is 0 Å². The summed E-state index contributed by atoms with van der Waals surface area (Å²) in [6.45, 7) is 14.4. The standard InChI is InChI=1S/C29H50O2/c1-8-27(4,31-7)15-13-20(2)23-11-12-24-22-10-9-21-19-26(3,30)17-18-28(21,5)25(22)14-16-29(23,24)6/h9,20,22-25,30H,8,10-19H2,1-7H3/t20-,22?,23?,24?,25?,26+,27+,28?,29?/m1/s1. The normalized spacial score (nSPS) is 47.5. The van der Waals surface area contributed by atoms with Crippen LogP contribution in [0.2, 0.25) is 0 Å². The second-order valence-electron chi connectivity index (χ2n) is 13.2. The number of aliphatic hydroxyl groups is 1. The van der Waals surface area contributed by atoms with E-state index in [2.05, 4.69) is 40.7 Å². The van der Waals surface area contributed by atoms with Crippen molar-refractivity contribution in [3.8, 4) is 0 Å². The maximum Gasteiger partial charge on any atom is 0.0657 e. The highest BCUT2D eigenvalue weighted by Gasteiger charge is 2.59. The Hall–Kier alpha value is -0.340. The highest BCUT2D eigenvalue weighted by atomic mass is 16.5. The Morgan fingerprint density at radius 1 is 1.13 bits per heavy atom. The Morgan fingerprint density at radius 3 is 2.55 bits per heavy atom. The first-order chi connectivity index (χ1) is 14.5. The molecule has 3 saturated carbocycles. The summed E-state index contributed by atoms with van der Waals surface area (Å²) >= 11 is 0. The molecule has 0 saturated heterocycles. The molecule has 0 radical (unpaired) electrons. The topological polar surface area (TPSA) is 29.5 Å². The lowest BCUT2D eigenvalue weighted by molar-refractivity contribution is -0.0721. The molecular formula is C29H50O2. The van der Waals surface area contributed by atoms with Crippen LogP contribution >= 0.6 is 0 Å². The molecule has 4 aliphatic carbocycles. The van der Waals surface area contributed by atoms with Crippen molar-refractivity contribution in [2.45, 2.75) is 123 Å². The molecule has 2 nitrogen and oxygen atoms in total. The summed E-state index contributed by atoms with van der Waals surface area (Å²) in [7, 11) is 1.89. The Balaban J connectivity index is 1.49. The zero-order valence-electron chi connectivity index (χ0n) is 21.6. The third-order valence-corrected chi connectivity index (χ3v) is 11.5. The van der Waals surface area contributed by atoms with Crippen molar-refractivity contribution in [3.05, 3.63) is 11.6 Å². The van der Waals surface area contributed by atoms with Gasteiger partial charge in [0.05, 0.1) is 11.2 Å². The van der Waals surface area contributed by atoms with E-state index in [9.17, 15) is 5.11 Å². The first-order valence-corrected chi connectivity index (χ1v) is 13.4. The number of allylic oxidation sites excluding steroid dienone is 1. The molecule has 0 aliphatic heterocycles. The fraction of sp³-hybridized carbons (Fsp3) is 0.931. The van der Waals surface area contributed by atoms with E-state index in [-0.39, 0.29) is 5.60 Å². The molecule has 0 heterocycles. The van der Waals surface area contributed by atoms with E-state index >= 15 is 0 Å². The molecule has 4 aliphatic rings. The molecule has 0 aromatic heterocycles. The van der Waals surface area contributed by atoms with Crippen LogP contribution in [-0.4, -0.2) is 23.4 Å². The van der Waals surface area contributed by atoms with Crippen LogP contribution in [0, 0.1) is 40.4 Å². The zero-order chi connectivity index (χ0) is 22.7. The fourth-order valence-corrected chi connectivity index (χ4v) is 8.94. The fourth-order valence-electron chi connectivity index (χ4n) is 8.94. The second kappa shape index (κ2) is 8.15. The van der Waals surface area contributed by atoms with Gasteiger partial charge >= 0.3 is 0 Å². The lowest BCUT2D eigenvalue weighted by Gasteiger charge is -2.59. The highest BCUT2D eigenvalue weighted by molar-refractivity contribution is 5.26. The van der Waals surface area contributed by atoms with Crippen molar-refractivity contribution in [2.24, 2.45) is 40.4 Å². The minimum Gasteiger partial charge on any atom is -0.390 e. The van der Waals surface area contributed by atoms with Crippen LogP contribution in [-0.2, 0) is 4.74 Å². The minimum atomic E-state index is -0.482. The van der Waals surface area contributed by atoms with Gasteiger partial charge in [-0.25, -0.2) is 0 Å². The number of hydrogen-bond acceptors (Lipinski definition) is 2. The molecule has 0 amide bonds. The molecule has 0 aromatic rings. The Kier molecular flexibility index (Phi) is 6.26. The number of methoxy groups -OCH3 is 1. The van der Waals surface area contributed by atoms with Gasteiger partial charge in [0.2, 0.25) is 0 Å². The monoisotopic (exact) mass is 430 g/mol. The molecular weight excluding hydrogens is 380 g/mol. The smallest absolute Gasteiger partial charge is 0.0657 e. The lowest BCUT2D eigenvalue weighted by Crippen LogP contribution is -2.52. The van der Waals surface area contributed by atoms with Gasteiger partial charge in [-0.05, 0) is 125 Å². The van der Waals surface area contributed by atoms with E-state index in [1.54, 1.807) is 5.57 Å². The van der Waals surface area contributed by atoms with Crippen LogP contribution in [0.25, 0.3) is 0 Å². The Labute approximate surface area is 192 Å². The molecule has 0 spiro atoms. The molecule has 1 N–H and O–H groups in total. The molecule has 2 heteroatoms. The van der Waals surface area contributed by atoms with Crippen molar-refractivity contribution < 1.29 is 9.84 Å². The van der Waals surface area contributed by atoms with E-state index in [0.29, 0.717) is 10.8 Å². The summed E-state index contributed by atoms with van der Waals surface area (Å²) in [5.74, 6) is 4.28. The molecule has 9 atom stereocenters. The Bertz CT molecular complexity index is 689. The van der Waals surface area contributed by atoms with E-state index in [4.69, 9.17) is 4.74 Å². The van der Waals surface area contributed by atoms with Gasteiger partial charge in [0.15, 0.2) is 0 Å². The van der Waals surface area contributed by atoms with Gasteiger partial charge in [-0.2, -0.15) is 0 Å². The predicted octanol–water partition coefficient (Wildman–Crippen LogP) is 7.55. The van der Waals surface area contributed by atoms with E-state index < -0.39 is 5.60 Å². The van der Waals surface area contributed by atoms with Crippen LogP contribution in [0.15, 0.2) is 11.6 Å². The van der Waals surface area contributed by atoms with Crippen LogP contribution < -0.4 is 0 Å². The summed E-state index contributed by atoms with van der Waals surface area (Å²) in [4.78, 5) is 0. The molecule has 3 fully saturated rings. The quantitative estimate of drug-likeness (QED) is 0.441. The first kappa shape index (κ1) is 23.8.